The molecule has 0 amide bonds. The van der Waals surface area contributed by atoms with Crippen LogP contribution < -0.4 is 9.47 Å². The molecule has 0 heterocycles. The molecule has 2 aromatic rings. The minimum absolute atomic E-state index is 0.206. The molecule has 1 N–H and O–H groups in total. The maximum absolute atomic E-state index is 9.62. The number of halogens is 1. The zero-order chi connectivity index (χ0) is 13.1. The first kappa shape index (κ1) is 12.8. The van der Waals surface area contributed by atoms with E-state index in [1.54, 1.807) is 26.4 Å². The molecule has 0 unspecified atom stereocenters. The minimum Gasteiger partial charge on any atom is -0.508 e. The van der Waals surface area contributed by atoms with Gasteiger partial charge in [0.2, 0.25) is 0 Å². The molecule has 0 radical (unpaired) electrons. The van der Waals surface area contributed by atoms with Crippen LogP contribution >= 0.6 is 15.9 Å². The Labute approximate surface area is 114 Å². The van der Waals surface area contributed by atoms with Crippen molar-refractivity contribution in [3.8, 4) is 28.4 Å². The molecule has 0 fully saturated rings. The van der Waals surface area contributed by atoms with Crippen LogP contribution in [0.4, 0.5) is 0 Å². The van der Waals surface area contributed by atoms with Gasteiger partial charge in [-0.1, -0.05) is 15.9 Å². The molecule has 0 aliphatic rings. The fraction of sp³-hybridized carbons (Fsp3) is 0.143. The molecular formula is C14H13BrO3. The van der Waals surface area contributed by atoms with Crippen LogP contribution in [0.1, 0.15) is 0 Å². The number of aromatic hydroxyl groups is 1. The van der Waals surface area contributed by atoms with Crippen LogP contribution in [0, 0.1) is 0 Å². The van der Waals surface area contributed by atoms with Crippen LogP contribution in [0.25, 0.3) is 11.1 Å². The summed E-state index contributed by atoms with van der Waals surface area (Å²) in [5.41, 5.74) is 1.77. The third kappa shape index (κ3) is 2.59. The number of ether oxygens (including phenoxy) is 2. The summed E-state index contributed by atoms with van der Waals surface area (Å²) < 4.78 is 11.3. The first-order valence-corrected chi connectivity index (χ1v) is 6.15. The van der Waals surface area contributed by atoms with E-state index in [-0.39, 0.29) is 5.75 Å². The number of phenols is 1. The van der Waals surface area contributed by atoms with Gasteiger partial charge in [-0.3, -0.25) is 0 Å². The molecule has 0 saturated carbocycles. The van der Waals surface area contributed by atoms with Crippen LogP contribution in [0.5, 0.6) is 17.2 Å². The number of hydrogen-bond acceptors (Lipinski definition) is 3. The number of hydrogen-bond donors (Lipinski definition) is 1. The molecule has 0 aliphatic carbocycles. The lowest BCUT2D eigenvalue weighted by Gasteiger charge is -2.11. The molecule has 18 heavy (non-hydrogen) atoms. The molecule has 0 bridgehead atoms. The van der Waals surface area contributed by atoms with Crippen LogP contribution in [-0.2, 0) is 0 Å². The van der Waals surface area contributed by atoms with Crippen molar-refractivity contribution in [1.82, 2.24) is 0 Å². The standard InChI is InChI=1S/C14H13BrO3/c1-17-12-3-4-13(14(8-12)18-2)9-5-10(15)7-11(16)6-9/h3-8,16H,1-2H3. The van der Waals surface area contributed by atoms with Gasteiger partial charge in [-0.15, -0.1) is 0 Å². The Morgan fingerprint density at radius 2 is 1.78 bits per heavy atom. The second kappa shape index (κ2) is 5.31. The molecule has 0 saturated heterocycles. The molecule has 2 aromatic carbocycles. The Morgan fingerprint density at radius 1 is 1.00 bits per heavy atom. The Balaban J connectivity index is 2.55. The van der Waals surface area contributed by atoms with Crippen molar-refractivity contribution in [2.75, 3.05) is 14.2 Å². The van der Waals surface area contributed by atoms with Gasteiger partial charge in [0.15, 0.2) is 0 Å². The second-order valence-corrected chi connectivity index (χ2v) is 4.68. The summed E-state index contributed by atoms with van der Waals surface area (Å²) in [5.74, 6) is 1.64. The van der Waals surface area contributed by atoms with Crippen molar-refractivity contribution in [3.63, 3.8) is 0 Å². The summed E-state index contributed by atoms with van der Waals surface area (Å²) in [6.45, 7) is 0. The SMILES string of the molecule is COc1ccc(-c2cc(O)cc(Br)c2)c(OC)c1. The van der Waals surface area contributed by atoms with E-state index in [4.69, 9.17) is 9.47 Å². The number of phenolic OH excluding ortho intramolecular Hbond substituents is 1. The van der Waals surface area contributed by atoms with Gasteiger partial charge in [-0.25, -0.2) is 0 Å². The van der Waals surface area contributed by atoms with Crippen LogP contribution in [0.15, 0.2) is 40.9 Å². The third-order valence-corrected chi connectivity index (χ3v) is 3.06. The van der Waals surface area contributed by atoms with Gasteiger partial charge in [0.05, 0.1) is 14.2 Å². The molecule has 3 nitrogen and oxygen atoms in total. The van der Waals surface area contributed by atoms with Crippen LogP contribution in [0.2, 0.25) is 0 Å². The van der Waals surface area contributed by atoms with Crippen LogP contribution in [0.3, 0.4) is 0 Å². The Bertz CT molecular complexity index is 547. The molecule has 0 spiro atoms. The lowest BCUT2D eigenvalue weighted by molar-refractivity contribution is 0.395. The van der Waals surface area contributed by atoms with E-state index in [1.165, 1.54) is 0 Å². The summed E-state index contributed by atoms with van der Waals surface area (Å²) >= 11 is 3.36. The van der Waals surface area contributed by atoms with Crippen LogP contribution in [-0.4, -0.2) is 19.3 Å². The summed E-state index contributed by atoms with van der Waals surface area (Å²) in [5, 5.41) is 9.62. The van der Waals surface area contributed by atoms with Gasteiger partial charge >= 0.3 is 0 Å². The average molecular weight is 309 g/mol. The fourth-order valence-corrected chi connectivity index (χ4v) is 2.25. The Hall–Kier alpha value is -1.68. The largest absolute Gasteiger partial charge is 0.508 e. The highest BCUT2D eigenvalue weighted by atomic mass is 79.9. The monoisotopic (exact) mass is 308 g/mol. The highest BCUT2D eigenvalue weighted by Gasteiger charge is 2.09. The van der Waals surface area contributed by atoms with E-state index >= 15 is 0 Å². The van der Waals surface area contributed by atoms with Gasteiger partial charge in [0.1, 0.15) is 17.2 Å². The lowest BCUT2D eigenvalue weighted by Crippen LogP contribution is -1.90. The van der Waals surface area contributed by atoms with Crippen molar-refractivity contribution >= 4 is 15.9 Å². The number of benzene rings is 2. The van der Waals surface area contributed by atoms with Gasteiger partial charge < -0.3 is 14.6 Å². The molecular weight excluding hydrogens is 296 g/mol. The van der Waals surface area contributed by atoms with Crippen molar-refractivity contribution in [2.45, 2.75) is 0 Å². The van der Waals surface area contributed by atoms with Crippen molar-refractivity contribution in [3.05, 3.63) is 40.9 Å². The highest BCUT2D eigenvalue weighted by molar-refractivity contribution is 9.10. The predicted octanol–water partition coefficient (Wildman–Crippen LogP) is 3.84. The van der Waals surface area contributed by atoms with Gasteiger partial charge in [-0.2, -0.15) is 0 Å². The smallest absolute Gasteiger partial charge is 0.130 e. The van der Waals surface area contributed by atoms with E-state index in [9.17, 15) is 5.11 Å². The summed E-state index contributed by atoms with van der Waals surface area (Å²) in [7, 11) is 3.22. The first-order chi connectivity index (χ1) is 8.63. The van der Waals surface area contributed by atoms with E-state index in [2.05, 4.69) is 15.9 Å². The predicted molar refractivity (Wildman–Crippen MR) is 74.3 cm³/mol. The second-order valence-electron chi connectivity index (χ2n) is 3.76. The first-order valence-electron chi connectivity index (χ1n) is 5.36. The third-order valence-electron chi connectivity index (χ3n) is 2.60. The van der Waals surface area contributed by atoms with Gasteiger partial charge in [0, 0.05) is 16.1 Å². The maximum atomic E-state index is 9.62. The maximum Gasteiger partial charge on any atom is 0.130 e. The van der Waals surface area contributed by atoms with Crippen molar-refractivity contribution in [1.29, 1.82) is 0 Å². The quantitative estimate of drug-likeness (QED) is 0.936. The highest BCUT2D eigenvalue weighted by Crippen LogP contribution is 2.36. The lowest BCUT2D eigenvalue weighted by atomic mass is 10.0. The van der Waals surface area contributed by atoms with E-state index in [0.29, 0.717) is 5.75 Å². The molecule has 4 heteroatoms. The average Bonchev–Trinajstić information content (AvgIpc) is 2.36. The van der Waals surface area contributed by atoms with Crippen molar-refractivity contribution in [2.24, 2.45) is 0 Å². The summed E-state index contributed by atoms with van der Waals surface area (Å²) in [4.78, 5) is 0. The molecule has 94 valence electrons. The van der Waals surface area contributed by atoms with E-state index in [0.717, 1.165) is 21.3 Å². The molecule has 0 aromatic heterocycles. The topological polar surface area (TPSA) is 38.7 Å². The Morgan fingerprint density at radius 3 is 2.39 bits per heavy atom. The molecule has 2 rings (SSSR count). The van der Waals surface area contributed by atoms with Gasteiger partial charge in [-0.05, 0) is 35.9 Å². The van der Waals surface area contributed by atoms with E-state index < -0.39 is 0 Å². The van der Waals surface area contributed by atoms with Gasteiger partial charge in [0.25, 0.3) is 0 Å². The summed E-state index contributed by atoms with van der Waals surface area (Å²) in [6.07, 6.45) is 0. The number of rotatable bonds is 3. The van der Waals surface area contributed by atoms with Crippen molar-refractivity contribution < 1.29 is 14.6 Å². The number of methoxy groups -OCH3 is 2. The molecule has 0 aliphatic heterocycles. The normalized spacial score (nSPS) is 10.2. The minimum atomic E-state index is 0.206. The molecule has 0 atom stereocenters. The summed E-state index contributed by atoms with van der Waals surface area (Å²) in [6, 6.07) is 10.8. The zero-order valence-electron chi connectivity index (χ0n) is 10.1. The van der Waals surface area contributed by atoms with E-state index in [1.807, 2.05) is 24.3 Å². The Kier molecular flexibility index (Phi) is 3.77. The zero-order valence-corrected chi connectivity index (χ0v) is 11.7. The fourth-order valence-electron chi connectivity index (χ4n) is 1.77.